The number of nitrogens with one attached hydrogen (secondary N) is 2. The Morgan fingerprint density at radius 3 is 2.55 bits per heavy atom. The fourth-order valence-corrected chi connectivity index (χ4v) is 2.77. The number of rotatable bonds is 6. The Balaban J connectivity index is 1.84. The molecule has 1 amide bonds. The van der Waals surface area contributed by atoms with Crippen molar-refractivity contribution < 1.29 is 4.79 Å². The van der Waals surface area contributed by atoms with E-state index < -0.39 is 0 Å². The van der Waals surface area contributed by atoms with Crippen molar-refractivity contribution in [3.05, 3.63) is 42.5 Å². The predicted octanol–water partition coefficient (Wildman–Crippen LogP) is 3.45. The van der Waals surface area contributed by atoms with Crippen LogP contribution in [0.25, 0.3) is 0 Å². The summed E-state index contributed by atoms with van der Waals surface area (Å²) in [6, 6.07) is 8.33. The number of benzene rings is 1. The average Bonchev–Trinajstić information content (AvgIpc) is 2.49. The first-order chi connectivity index (χ1) is 9.79. The number of carbonyl (C=O) groups is 1. The van der Waals surface area contributed by atoms with Crippen LogP contribution in [-0.2, 0) is 4.79 Å². The molecule has 3 nitrogen and oxygen atoms in total. The highest BCUT2D eigenvalue weighted by Gasteiger charge is 2.15. The fourth-order valence-electron chi connectivity index (χ4n) is 2.77. The molecule has 2 N–H and O–H groups in total. The fraction of sp³-hybridized carbons (Fsp3) is 0.471. The van der Waals surface area contributed by atoms with E-state index >= 15 is 0 Å². The summed E-state index contributed by atoms with van der Waals surface area (Å²) in [7, 11) is 0. The van der Waals surface area contributed by atoms with Crippen molar-refractivity contribution in [2.24, 2.45) is 0 Å². The van der Waals surface area contributed by atoms with Gasteiger partial charge < -0.3 is 10.6 Å². The second-order valence-electron chi connectivity index (χ2n) is 5.42. The highest BCUT2D eigenvalue weighted by Crippen LogP contribution is 2.32. The Bertz CT molecular complexity index is 433. The maximum atomic E-state index is 11.7. The summed E-state index contributed by atoms with van der Waals surface area (Å²) in [5, 5.41) is 5.88. The molecule has 1 aliphatic carbocycles. The van der Waals surface area contributed by atoms with E-state index in [1.807, 2.05) is 12.1 Å². The first-order valence-electron chi connectivity index (χ1n) is 7.51. The van der Waals surface area contributed by atoms with E-state index in [4.69, 9.17) is 0 Å². The molecule has 0 saturated heterocycles. The van der Waals surface area contributed by atoms with Gasteiger partial charge in [0.05, 0.1) is 6.54 Å². The van der Waals surface area contributed by atoms with Crippen molar-refractivity contribution in [2.75, 3.05) is 18.4 Å². The molecule has 1 aliphatic rings. The topological polar surface area (TPSA) is 41.1 Å². The van der Waals surface area contributed by atoms with Crippen molar-refractivity contribution >= 4 is 11.6 Å². The zero-order valence-corrected chi connectivity index (χ0v) is 12.0. The molecule has 20 heavy (non-hydrogen) atoms. The molecule has 0 radical (unpaired) electrons. The largest absolute Gasteiger partial charge is 0.325 e. The van der Waals surface area contributed by atoms with Gasteiger partial charge in [-0.1, -0.05) is 37.5 Å². The van der Waals surface area contributed by atoms with Gasteiger partial charge in [0.15, 0.2) is 0 Å². The molecule has 0 aliphatic heterocycles. The SMILES string of the molecule is C=CCNCC(=O)Nc1ccc(C2CCCCC2)cc1. The summed E-state index contributed by atoms with van der Waals surface area (Å²) in [6.07, 6.45) is 8.42. The lowest BCUT2D eigenvalue weighted by molar-refractivity contribution is -0.115. The molecule has 2 rings (SSSR count). The van der Waals surface area contributed by atoms with Crippen LogP contribution in [0.3, 0.4) is 0 Å². The quantitative estimate of drug-likeness (QED) is 0.615. The van der Waals surface area contributed by atoms with Crippen LogP contribution in [0.15, 0.2) is 36.9 Å². The van der Waals surface area contributed by atoms with Gasteiger partial charge in [0.1, 0.15) is 0 Å². The van der Waals surface area contributed by atoms with Gasteiger partial charge in [-0.3, -0.25) is 4.79 Å². The Kier molecular flexibility index (Phi) is 5.81. The van der Waals surface area contributed by atoms with Crippen LogP contribution < -0.4 is 10.6 Å². The van der Waals surface area contributed by atoms with E-state index in [0.29, 0.717) is 19.0 Å². The predicted molar refractivity (Wildman–Crippen MR) is 84.0 cm³/mol. The normalized spacial score (nSPS) is 15.8. The number of anilines is 1. The molecule has 1 fully saturated rings. The van der Waals surface area contributed by atoms with E-state index in [1.165, 1.54) is 37.7 Å². The van der Waals surface area contributed by atoms with Crippen molar-refractivity contribution in [2.45, 2.75) is 38.0 Å². The van der Waals surface area contributed by atoms with E-state index in [-0.39, 0.29) is 5.91 Å². The van der Waals surface area contributed by atoms with E-state index in [0.717, 1.165) is 5.69 Å². The summed E-state index contributed by atoms with van der Waals surface area (Å²) >= 11 is 0. The molecule has 0 heterocycles. The highest BCUT2D eigenvalue weighted by molar-refractivity contribution is 5.92. The summed E-state index contributed by atoms with van der Waals surface area (Å²) in [6.45, 7) is 4.56. The van der Waals surface area contributed by atoms with Crippen molar-refractivity contribution in [1.29, 1.82) is 0 Å². The Labute approximate surface area is 121 Å². The minimum atomic E-state index is -0.0164. The molecule has 0 spiro atoms. The lowest BCUT2D eigenvalue weighted by atomic mass is 9.84. The van der Waals surface area contributed by atoms with E-state index in [9.17, 15) is 4.79 Å². The third-order valence-electron chi connectivity index (χ3n) is 3.85. The molecule has 0 unspecified atom stereocenters. The van der Waals surface area contributed by atoms with E-state index in [1.54, 1.807) is 6.08 Å². The van der Waals surface area contributed by atoms with Crippen LogP contribution >= 0.6 is 0 Å². The summed E-state index contributed by atoms with van der Waals surface area (Å²) in [4.78, 5) is 11.7. The molecule has 0 aromatic heterocycles. The average molecular weight is 272 g/mol. The lowest BCUT2D eigenvalue weighted by Gasteiger charge is -2.22. The van der Waals surface area contributed by atoms with Gasteiger partial charge in [0.2, 0.25) is 5.91 Å². The van der Waals surface area contributed by atoms with Crippen LogP contribution in [0.2, 0.25) is 0 Å². The lowest BCUT2D eigenvalue weighted by Crippen LogP contribution is -2.28. The maximum absolute atomic E-state index is 11.7. The second-order valence-corrected chi connectivity index (χ2v) is 5.42. The third kappa shape index (κ3) is 4.49. The summed E-state index contributed by atoms with van der Waals surface area (Å²) in [5.74, 6) is 0.694. The van der Waals surface area contributed by atoms with Crippen LogP contribution in [-0.4, -0.2) is 19.0 Å². The molecule has 1 aromatic rings. The van der Waals surface area contributed by atoms with Crippen LogP contribution in [0.1, 0.15) is 43.6 Å². The van der Waals surface area contributed by atoms with Gasteiger partial charge in [-0.25, -0.2) is 0 Å². The van der Waals surface area contributed by atoms with Gasteiger partial charge in [0, 0.05) is 12.2 Å². The minimum Gasteiger partial charge on any atom is -0.325 e. The standard InChI is InChI=1S/C17H24N2O/c1-2-12-18-13-17(20)19-16-10-8-15(9-11-16)14-6-4-3-5-7-14/h2,8-11,14,18H,1,3-7,12-13H2,(H,19,20). The van der Waals surface area contributed by atoms with Crippen LogP contribution in [0, 0.1) is 0 Å². The zero-order valence-electron chi connectivity index (χ0n) is 12.0. The molecule has 0 atom stereocenters. The monoisotopic (exact) mass is 272 g/mol. The zero-order chi connectivity index (χ0) is 14.2. The first-order valence-corrected chi connectivity index (χ1v) is 7.51. The molecular formula is C17H24N2O. The van der Waals surface area contributed by atoms with Gasteiger partial charge in [-0.2, -0.15) is 0 Å². The summed E-state index contributed by atoms with van der Waals surface area (Å²) in [5.41, 5.74) is 2.28. The van der Waals surface area contributed by atoms with Crippen molar-refractivity contribution in [1.82, 2.24) is 5.32 Å². The Morgan fingerprint density at radius 1 is 1.20 bits per heavy atom. The van der Waals surface area contributed by atoms with E-state index in [2.05, 4.69) is 29.3 Å². The molecule has 108 valence electrons. The summed E-state index contributed by atoms with van der Waals surface area (Å²) < 4.78 is 0. The molecule has 0 bridgehead atoms. The van der Waals surface area contributed by atoms with Crippen molar-refractivity contribution in [3.63, 3.8) is 0 Å². The smallest absolute Gasteiger partial charge is 0.238 e. The third-order valence-corrected chi connectivity index (χ3v) is 3.85. The Morgan fingerprint density at radius 2 is 1.90 bits per heavy atom. The highest BCUT2D eigenvalue weighted by atomic mass is 16.1. The van der Waals surface area contributed by atoms with Crippen LogP contribution in [0.4, 0.5) is 5.69 Å². The van der Waals surface area contributed by atoms with Gasteiger partial charge >= 0.3 is 0 Å². The Hall–Kier alpha value is -1.61. The number of carbonyl (C=O) groups excluding carboxylic acids is 1. The maximum Gasteiger partial charge on any atom is 0.238 e. The van der Waals surface area contributed by atoms with Gasteiger partial charge in [0.25, 0.3) is 0 Å². The number of amides is 1. The van der Waals surface area contributed by atoms with Crippen LogP contribution in [0.5, 0.6) is 0 Å². The molecule has 3 heteroatoms. The molecule has 1 aromatic carbocycles. The number of hydrogen-bond donors (Lipinski definition) is 2. The van der Waals surface area contributed by atoms with Gasteiger partial charge in [-0.05, 0) is 36.5 Å². The second kappa shape index (κ2) is 7.85. The first kappa shape index (κ1) is 14.8. The molecular weight excluding hydrogens is 248 g/mol. The number of hydrogen-bond acceptors (Lipinski definition) is 2. The van der Waals surface area contributed by atoms with Crippen molar-refractivity contribution in [3.8, 4) is 0 Å². The minimum absolute atomic E-state index is 0.0164. The van der Waals surface area contributed by atoms with Gasteiger partial charge in [-0.15, -0.1) is 6.58 Å². The molecule has 1 saturated carbocycles.